The summed E-state index contributed by atoms with van der Waals surface area (Å²) < 4.78 is 0. The minimum Gasteiger partial charge on any atom is -0.312 e. The fraction of sp³-hybridized carbons (Fsp3) is 1.00. The first-order valence-electron chi connectivity index (χ1n) is 9.82. The zero-order chi connectivity index (χ0) is 16.5. The number of rotatable bonds is 0. The van der Waals surface area contributed by atoms with Crippen LogP contribution >= 0.6 is 0 Å². The molecule has 0 unspecified atom stereocenters. The average molecular weight is 326 g/mol. The Labute approximate surface area is 143 Å². The third-order valence-electron chi connectivity index (χ3n) is 5.27. The zero-order valence-electron chi connectivity index (χ0n) is 15.5. The number of fused-ring (bicyclic) bond motifs is 1. The monoisotopic (exact) mass is 325 g/mol. The Hall–Kier alpha value is -0.200. The SMILES string of the molecule is C[C@@H]1CN[C@@H](C)CN[C@@H]2CCCCC[C@H]2NC[C@H](C)NCCN1. The van der Waals surface area contributed by atoms with Gasteiger partial charge in [0, 0.05) is 62.9 Å². The van der Waals surface area contributed by atoms with Gasteiger partial charge in [-0.2, -0.15) is 0 Å². The zero-order valence-corrected chi connectivity index (χ0v) is 15.5. The second-order valence-corrected chi connectivity index (χ2v) is 7.69. The Morgan fingerprint density at radius 2 is 0.957 bits per heavy atom. The van der Waals surface area contributed by atoms with E-state index in [1.807, 2.05) is 0 Å². The molecule has 0 aromatic carbocycles. The van der Waals surface area contributed by atoms with Crippen LogP contribution in [0.3, 0.4) is 0 Å². The molecule has 2 fully saturated rings. The van der Waals surface area contributed by atoms with Gasteiger partial charge in [0.05, 0.1) is 0 Å². The summed E-state index contributed by atoms with van der Waals surface area (Å²) in [6.07, 6.45) is 6.75. The lowest BCUT2D eigenvalue weighted by molar-refractivity contribution is 0.328. The molecular formula is C18H39N5. The molecule has 1 aliphatic carbocycles. The van der Waals surface area contributed by atoms with Crippen molar-refractivity contribution in [1.29, 1.82) is 0 Å². The van der Waals surface area contributed by atoms with Gasteiger partial charge in [0.2, 0.25) is 0 Å². The van der Waals surface area contributed by atoms with Gasteiger partial charge in [0.1, 0.15) is 0 Å². The number of hydrogen-bond acceptors (Lipinski definition) is 5. The molecule has 1 aliphatic heterocycles. The smallest absolute Gasteiger partial charge is 0.0221 e. The molecule has 0 bridgehead atoms. The van der Waals surface area contributed by atoms with Crippen LogP contribution in [0.5, 0.6) is 0 Å². The van der Waals surface area contributed by atoms with Crippen LogP contribution in [-0.4, -0.2) is 62.9 Å². The predicted octanol–water partition coefficient (Wildman–Crippen LogP) is 0.815. The minimum atomic E-state index is 0.517. The van der Waals surface area contributed by atoms with Gasteiger partial charge in [0.25, 0.3) is 0 Å². The molecule has 1 heterocycles. The Morgan fingerprint density at radius 1 is 0.522 bits per heavy atom. The molecule has 5 nitrogen and oxygen atoms in total. The van der Waals surface area contributed by atoms with Gasteiger partial charge >= 0.3 is 0 Å². The molecule has 5 N–H and O–H groups in total. The molecule has 0 aromatic heterocycles. The topological polar surface area (TPSA) is 60.1 Å². The molecule has 136 valence electrons. The van der Waals surface area contributed by atoms with Crippen molar-refractivity contribution in [2.75, 3.05) is 32.7 Å². The summed E-state index contributed by atoms with van der Waals surface area (Å²) in [5, 5.41) is 18.6. The van der Waals surface area contributed by atoms with E-state index in [4.69, 9.17) is 0 Å². The Kier molecular flexibility index (Phi) is 8.83. The van der Waals surface area contributed by atoms with E-state index in [0.717, 1.165) is 32.7 Å². The van der Waals surface area contributed by atoms with E-state index < -0.39 is 0 Å². The Balaban J connectivity index is 1.92. The van der Waals surface area contributed by atoms with Crippen molar-refractivity contribution in [2.45, 2.75) is 83.1 Å². The first kappa shape index (κ1) is 19.1. The van der Waals surface area contributed by atoms with E-state index in [9.17, 15) is 0 Å². The van der Waals surface area contributed by atoms with Crippen molar-refractivity contribution in [3.63, 3.8) is 0 Å². The van der Waals surface area contributed by atoms with Crippen LogP contribution in [-0.2, 0) is 0 Å². The largest absolute Gasteiger partial charge is 0.312 e. The summed E-state index contributed by atoms with van der Waals surface area (Å²) in [7, 11) is 0. The lowest BCUT2D eigenvalue weighted by Crippen LogP contribution is -2.52. The Bertz CT molecular complexity index is 312. The van der Waals surface area contributed by atoms with Gasteiger partial charge in [-0.1, -0.05) is 19.3 Å². The maximum absolute atomic E-state index is 3.84. The van der Waals surface area contributed by atoms with Gasteiger partial charge in [-0.15, -0.1) is 0 Å². The van der Waals surface area contributed by atoms with Crippen LogP contribution in [0.25, 0.3) is 0 Å². The summed E-state index contributed by atoms with van der Waals surface area (Å²) in [4.78, 5) is 0. The highest BCUT2D eigenvalue weighted by molar-refractivity contribution is 4.87. The molecule has 1 saturated heterocycles. The fourth-order valence-corrected chi connectivity index (χ4v) is 3.68. The summed E-state index contributed by atoms with van der Waals surface area (Å²) >= 11 is 0. The van der Waals surface area contributed by atoms with Crippen LogP contribution in [0.4, 0.5) is 0 Å². The molecule has 1 saturated carbocycles. The van der Waals surface area contributed by atoms with Crippen LogP contribution < -0.4 is 26.6 Å². The highest BCUT2D eigenvalue weighted by atomic mass is 15.1. The van der Waals surface area contributed by atoms with E-state index in [2.05, 4.69) is 47.4 Å². The second-order valence-electron chi connectivity index (χ2n) is 7.69. The van der Waals surface area contributed by atoms with Crippen LogP contribution in [0.15, 0.2) is 0 Å². The Morgan fingerprint density at radius 3 is 1.48 bits per heavy atom. The molecule has 0 aromatic rings. The standard InChI is InChI=1S/C18H39N5/c1-14-11-21-16(3)13-23-18-8-6-4-5-7-17(18)22-12-15(2)20-10-9-19-14/h14-23H,4-13H2,1-3H3/t14-,15+,16+,17-,18-/m1/s1. The molecule has 0 spiro atoms. The molecule has 2 aliphatic rings. The number of hydrogen-bond donors (Lipinski definition) is 5. The van der Waals surface area contributed by atoms with Crippen LogP contribution in [0.2, 0.25) is 0 Å². The summed E-state index contributed by atoms with van der Waals surface area (Å²) in [6, 6.07) is 2.80. The molecule has 0 amide bonds. The van der Waals surface area contributed by atoms with E-state index in [-0.39, 0.29) is 0 Å². The van der Waals surface area contributed by atoms with Gasteiger partial charge in [-0.3, -0.25) is 0 Å². The van der Waals surface area contributed by atoms with Crippen LogP contribution in [0.1, 0.15) is 52.9 Å². The van der Waals surface area contributed by atoms with Crippen molar-refractivity contribution in [3.8, 4) is 0 Å². The maximum atomic E-state index is 3.84. The van der Waals surface area contributed by atoms with Crippen molar-refractivity contribution in [3.05, 3.63) is 0 Å². The van der Waals surface area contributed by atoms with Crippen molar-refractivity contribution in [2.24, 2.45) is 0 Å². The van der Waals surface area contributed by atoms with Crippen molar-refractivity contribution in [1.82, 2.24) is 26.6 Å². The van der Waals surface area contributed by atoms with Crippen LogP contribution in [0, 0.1) is 0 Å². The summed E-state index contributed by atoms with van der Waals surface area (Å²) in [6.45, 7) is 12.1. The minimum absolute atomic E-state index is 0.517. The maximum Gasteiger partial charge on any atom is 0.0221 e. The lowest BCUT2D eigenvalue weighted by atomic mass is 10.0. The fourth-order valence-electron chi connectivity index (χ4n) is 3.68. The third-order valence-corrected chi connectivity index (χ3v) is 5.27. The normalized spacial score (nSPS) is 39.5. The summed E-state index contributed by atoms with van der Waals surface area (Å²) in [5.74, 6) is 0. The van der Waals surface area contributed by atoms with E-state index in [1.54, 1.807) is 0 Å². The first-order chi connectivity index (χ1) is 11.1. The van der Waals surface area contributed by atoms with Crippen molar-refractivity contribution < 1.29 is 0 Å². The second kappa shape index (κ2) is 10.6. The van der Waals surface area contributed by atoms with E-state index >= 15 is 0 Å². The van der Waals surface area contributed by atoms with Gasteiger partial charge in [-0.05, 0) is 33.6 Å². The molecule has 0 radical (unpaired) electrons. The molecule has 5 heteroatoms. The highest BCUT2D eigenvalue weighted by Gasteiger charge is 2.23. The highest BCUT2D eigenvalue weighted by Crippen LogP contribution is 2.18. The number of nitrogens with one attached hydrogen (secondary N) is 5. The lowest BCUT2D eigenvalue weighted by Gasteiger charge is -2.30. The van der Waals surface area contributed by atoms with Crippen molar-refractivity contribution >= 4 is 0 Å². The average Bonchev–Trinajstić information content (AvgIpc) is 2.77. The first-order valence-corrected chi connectivity index (χ1v) is 9.82. The summed E-state index contributed by atoms with van der Waals surface area (Å²) in [5.41, 5.74) is 0. The van der Waals surface area contributed by atoms with E-state index in [1.165, 1.54) is 32.1 Å². The van der Waals surface area contributed by atoms with Gasteiger partial charge in [-0.25, -0.2) is 0 Å². The molecule has 23 heavy (non-hydrogen) atoms. The van der Waals surface area contributed by atoms with Gasteiger partial charge < -0.3 is 26.6 Å². The molecule has 2 rings (SSSR count). The predicted molar refractivity (Wildman–Crippen MR) is 99.1 cm³/mol. The quantitative estimate of drug-likeness (QED) is 0.456. The molecule has 5 atom stereocenters. The third kappa shape index (κ3) is 7.48. The molecular weight excluding hydrogens is 286 g/mol. The van der Waals surface area contributed by atoms with Gasteiger partial charge in [0.15, 0.2) is 0 Å². The van der Waals surface area contributed by atoms with E-state index in [0.29, 0.717) is 30.2 Å².